The maximum atomic E-state index is 11.5. The van der Waals surface area contributed by atoms with E-state index in [1.165, 1.54) is 0 Å². The molecule has 0 aliphatic rings. The third-order valence-electron chi connectivity index (χ3n) is 0.432. The number of halogens is 1. The third-order valence-corrected chi connectivity index (χ3v) is 0.432. The van der Waals surface area contributed by atoms with Gasteiger partial charge in [0.25, 0.3) is 0 Å². The van der Waals surface area contributed by atoms with E-state index in [-0.39, 0.29) is 29.6 Å². The van der Waals surface area contributed by atoms with Gasteiger partial charge in [0.1, 0.15) is 0 Å². The van der Waals surface area contributed by atoms with E-state index in [0.29, 0.717) is 6.08 Å². The normalized spacial score (nSPS) is 11.1. The first-order chi connectivity index (χ1) is 3.18. The molecule has 0 N–H and O–H groups in total. The van der Waals surface area contributed by atoms with Gasteiger partial charge in [-0.25, -0.2) is 4.39 Å². The zero-order valence-electron chi connectivity index (χ0n) is 4.56. The molecule has 1 unspecified atom stereocenters. The van der Waals surface area contributed by atoms with Crippen molar-refractivity contribution in [1.29, 1.82) is 0 Å². The van der Waals surface area contributed by atoms with Crippen LogP contribution in [0, 0.1) is 0 Å². The van der Waals surface area contributed by atoms with Crippen LogP contribution in [0.25, 0.3) is 0 Å². The molecule has 4 heteroatoms. The molecule has 2 nitrogen and oxygen atoms in total. The largest absolute Gasteiger partial charge is 1.00 e. The van der Waals surface area contributed by atoms with Crippen LogP contribution in [0.2, 0.25) is 0 Å². The molecule has 0 spiro atoms. The van der Waals surface area contributed by atoms with Gasteiger partial charge in [0.2, 0.25) is 0 Å². The molecule has 0 saturated carbocycles. The Bertz CT molecular complexity index is 94.0. The van der Waals surface area contributed by atoms with Crippen LogP contribution >= 0.6 is 0 Å². The first kappa shape index (κ1) is 11.0. The second-order valence-electron chi connectivity index (χ2n) is 0.957. The number of carboxylic acids is 1. The molecule has 40 valence electrons. The SMILES string of the molecule is C=CC(F)C(=O)[O-].[Na+]. The molecule has 0 aliphatic heterocycles. The van der Waals surface area contributed by atoms with E-state index < -0.39 is 12.1 Å². The van der Waals surface area contributed by atoms with Crippen molar-refractivity contribution in [3.05, 3.63) is 12.7 Å². The van der Waals surface area contributed by atoms with Gasteiger partial charge in [0.05, 0.1) is 5.97 Å². The number of hydrogen-bond acceptors (Lipinski definition) is 2. The van der Waals surface area contributed by atoms with Gasteiger partial charge in [-0.15, -0.1) is 0 Å². The number of carbonyl (C=O) groups is 1. The van der Waals surface area contributed by atoms with Gasteiger partial charge in [-0.2, -0.15) is 0 Å². The van der Waals surface area contributed by atoms with E-state index in [2.05, 4.69) is 6.58 Å². The van der Waals surface area contributed by atoms with Gasteiger partial charge < -0.3 is 9.90 Å². The number of carbonyl (C=O) groups excluding carboxylic acids is 1. The molecular weight excluding hydrogens is 122 g/mol. The molecule has 0 aromatic carbocycles. The van der Waals surface area contributed by atoms with Crippen molar-refractivity contribution >= 4 is 5.97 Å². The smallest absolute Gasteiger partial charge is 0.547 e. The fraction of sp³-hybridized carbons (Fsp3) is 0.250. The van der Waals surface area contributed by atoms with Gasteiger partial charge >= 0.3 is 29.6 Å². The Labute approximate surface area is 68.7 Å². The van der Waals surface area contributed by atoms with Crippen molar-refractivity contribution in [3.63, 3.8) is 0 Å². The van der Waals surface area contributed by atoms with E-state index in [1.807, 2.05) is 0 Å². The van der Waals surface area contributed by atoms with Gasteiger partial charge in [-0.3, -0.25) is 0 Å². The summed E-state index contributed by atoms with van der Waals surface area (Å²) in [5.41, 5.74) is 0. The first-order valence-electron chi connectivity index (χ1n) is 1.66. The Morgan fingerprint density at radius 1 is 1.88 bits per heavy atom. The standard InChI is InChI=1S/C4H5FO2.Na/c1-2-3(5)4(6)7;/h2-3H,1H2,(H,6,7);/q;+1/p-1. The first-order valence-corrected chi connectivity index (χ1v) is 1.66. The maximum absolute atomic E-state index is 11.5. The Morgan fingerprint density at radius 3 is 2.25 bits per heavy atom. The minimum atomic E-state index is -2.03. The average Bonchev–Trinajstić information content (AvgIpc) is 1.65. The summed E-state index contributed by atoms with van der Waals surface area (Å²) in [6, 6.07) is 0. The topological polar surface area (TPSA) is 40.1 Å². The molecule has 1 atom stereocenters. The molecule has 0 aromatic rings. The summed E-state index contributed by atoms with van der Waals surface area (Å²) < 4.78 is 11.5. The second kappa shape index (κ2) is 5.28. The molecule has 0 bridgehead atoms. The van der Waals surface area contributed by atoms with Gasteiger partial charge in [0, 0.05) is 0 Å². The summed E-state index contributed by atoms with van der Waals surface area (Å²) in [6.45, 7) is 2.89. The molecule has 0 aliphatic carbocycles. The number of aliphatic carboxylic acids is 1. The Kier molecular flexibility index (Phi) is 7.26. The summed E-state index contributed by atoms with van der Waals surface area (Å²) >= 11 is 0. The monoisotopic (exact) mass is 126 g/mol. The number of rotatable bonds is 2. The van der Waals surface area contributed by atoms with Crippen molar-refractivity contribution < 1.29 is 43.8 Å². The molecule has 0 rings (SSSR count). The molecular formula is C4H4FNaO2. The van der Waals surface area contributed by atoms with E-state index in [4.69, 9.17) is 0 Å². The summed E-state index contributed by atoms with van der Waals surface area (Å²) in [6.07, 6.45) is -1.37. The van der Waals surface area contributed by atoms with Gasteiger partial charge in [-0.1, -0.05) is 12.7 Å². The zero-order chi connectivity index (χ0) is 5.86. The average molecular weight is 126 g/mol. The fourth-order valence-electron chi connectivity index (χ4n) is 0.0962. The van der Waals surface area contributed by atoms with Gasteiger partial charge in [0.15, 0.2) is 6.17 Å². The van der Waals surface area contributed by atoms with Crippen molar-refractivity contribution in [3.8, 4) is 0 Å². The minimum Gasteiger partial charge on any atom is -0.547 e. The van der Waals surface area contributed by atoms with Crippen LogP contribution in [0.4, 0.5) is 4.39 Å². The maximum Gasteiger partial charge on any atom is 1.00 e. The third kappa shape index (κ3) is 4.30. The van der Waals surface area contributed by atoms with Crippen LogP contribution in [0.5, 0.6) is 0 Å². The molecule has 8 heavy (non-hydrogen) atoms. The van der Waals surface area contributed by atoms with Crippen LogP contribution in [0.3, 0.4) is 0 Å². The molecule has 0 heterocycles. The number of alkyl halides is 1. The predicted molar refractivity (Wildman–Crippen MR) is 20.1 cm³/mol. The zero-order valence-corrected chi connectivity index (χ0v) is 6.56. The van der Waals surface area contributed by atoms with Crippen LogP contribution in [0.15, 0.2) is 12.7 Å². The predicted octanol–water partition coefficient (Wildman–Crippen LogP) is -3.74. The number of hydrogen-bond donors (Lipinski definition) is 0. The van der Waals surface area contributed by atoms with Crippen molar-refractivity contribution in [2.75, 3.05) is 0 Å². The summed E-state index contributed by atoms with van der Waals surface area (Å²) in [5, 5.41) is 9.37. The van der Waals surface area contributed by atoms with Crippen molar-refractivity contribution in [2.45, 2.75) is 6.17 Å². The van der Waals surface area contributed by atoms with Crippen LogP contribution in [0.1, 0.15) is 0 Å². The summed E-state index contributed by atoms with van der Waals surface area (Å²) in [4.78, 5) is 9.37. The van der Waals surface area contributed by atoms with Crippen molar-refractivity contribution in [1.82, 2.24) is 0 Å². The fourth-order valence-corrected chi connectivity index (χ4v) is 0.0962. The summed E-state index contributed by atoms with van der Waals surface area (Å²) in [5.74, 6) is -1.74. The van der Waals surface area contributed by atoms with E-state index in [9.17, 15) is 14.3 Å². The molecule has 0 fully saturated rings. The van der Waals surface area contributed by atoms with E-state index in [0.717, 1.165) is 0 Å². The van der Waals surface area contributed by atoms with Crippen LogP contribution < -0.4 is 34.7 Å². The molecule has 0 saturated heterocycles. The Morgan fingerprint density at radius 2 is 2.25 bits per heavy atom. The second-order valence-corrected chi connectivity index (χ2v) is 0.957. The van der Waals surface area contributed by atoms with Crippen molar-refractivity contribution in [2.24, 2.45) is 0 Å². The van der Waals surface area contributed by atoms with Crippen LogP contribution in [-0.4, -0.2) is 12.1 Å². The minimum absolute atomic E-state index is 0. The van der Waals surface area contributed by atoms with E-state index >= 15 is 0 Å². The Hall–Kier alpha value is 0.140. The molecule has 0 aromatic heterocycles. The molecule has 0 amide bonds. The molecule has 0 radical (unpaired) electrons. The Balaban J connectivity index is 0. The quantitative estimate of drug-likeness (QED) is 0.282. The van der Waals surface area contributed by atoms with Crippen LogP contribution in [-0.2, 0) is 4.79 Å². The van der Waals surface area contributed by atoms with E-state index in [1.54, 1.807) is 0 Å². The van der Waals surface area contributed by atoms with Gasteiger partial charge in [-0.05, 0) is 0 Å². The number of carboxylic acid groups (broad SMARTS) is 1. The summed E-state index contributed by atoms with van der Waals surface area (Å²) in [7, 11) is 0.